The third-order valence-electron chi connectivity index (χ3n) is 3.31. The van der Waals surface area contributed by atoms with Gasteiger partial charge in [0, 0.05) is 0 Å². The van der Waals surface area contributed by atoms with E-state index in [0.717, 1.165) is 13.1 Å². The summed E-state index contributed by atoms with van der Waals surface area (Å²) >= 11 is 0. The van der Waals surface area contributed by atoms with E-state index in [4.69, 9.17) is 11.5 Å². The molecule has 2 unspecified atom stereocenters. The Bertz CT molecular complexity index is 278. The zero-order valence-electron chi connectivity index (χ0n) is 8.45. The molecule has 2 nitrogen and oxygen atoms in total. The van der Waals surface area contributed by atoms with Gasteiger partial charge in [0.25, 0.3) is 0 Å². The average molecular weight is 190 g/mol. The van der Waals surface area contributed by atoms with Crippen molar-refractivity contribution in [2.24, 2.45) is 11.5 Å². The first-order valence-corrected chi connectivity index (χ1v) is 5.35. The van der Waals surface area contributed by atoms with Gasteiger partial charge in [-0.25, -0.2) is 0 Å². The summed E-state index contributed by atoms with van der Waals surface area (Å²) in [4.78, 5) is 0. The first-order chi connectivity index (χ1) is 6.86. The van der Waals surface area contributed by atoms with Crippen molar-refractivity contribution in [3.8, 4) is 0 Å². The number of hydrogen-bond acceptors (Lipinski definition) is 2. The standard InChI is InChI=1S/C12H18N2/c13-7-9-5-6-10(8-14)12-4-2-1-3-11(9)12/h1-4,9-10H,5-8,13-14H2. The molecular formula is C12H18N2. The molecule has 0 spiro atoms. The van der Waals surface area contributed by atoms with Gasteiger partial charge in [-0.05, 0) is 48.9 Å². The highest BCUT2D eigenvalue weighted by atomic mass is 14.6. The summed E-state index contributed by atoms with van der Waals surface area (Å²) in [6, 6.07) is 8.60. The normalized spacial score (nSPS) is 25.9. The van der Waals surface area contributed by atoms with E-state index in [-0.39, 0.29) is 0 Å². The van der Waals surface area contributed by atoms with Crippen LogP contribution in [0, 0.1) is 0 Å². The molecule has 0 fully saturated rings. The highest BCUT2D eigenvalue weighted by molar-refractivity contribution is 5.36. The van der Waals surface area contributed by atoms with Crippen molar-refractivity contribution < 1.29 is 0 Å². The van der Waals surface area contributed by atoms with Crippen LogP contribution in [-0.4, -0.2) is 13.1 Å². The summed E-state index contributed by atoms with van der Waals surface area (Å²) in [7, 11) is 0. The van der Waals surface area contributed by atoms with E-state index in [0.29, 0.717) is 11.8 Å². The third-order valence-corrected chi connectivity index (χ3v) is 3.31. The SMILES string of the molecule is NCC1CCC(CN)c2ccccc21. The van der Waals surface area contributed by atoms with Gasteiger partial charge in [-0.15, -0.1) is 0 Å². The molecule has 2 atom stereocenters. The van der Waals surface area contributed by atoms with Gasteiger partial charge in [0.05, 0.1) is 0 Å². The molecule has 1 aliphatic rings. The molecule has 0 radical (unpaired) electrons. The first-order valence-electron chi connectivity index (χ1n) is 5.35. The van der Waals surface area contributed by atoms with Crippen molar-refractivity contribution in [2.45, 2.75) is 24.7 Å². The molecule has 1 aliphatic carbocycles. The topological polar surface area (TPSA) is 52.0 Å². The van der Waals surface area contributed by atoms with Crippen molar-refractivity contribution in [1.29, 1.82) is 0 Å². The van der Waals surface area contributed by atoms with Gasteiger partial charge >= 0.3 is 0 Å². The number of fused-ring (bicyclic) bond motifs is 1. The lowest BCUT2D eigenvalue weighted by atomic mass is 9.77. The van der Waals surface area contributed by atoms with Crippen LogP contribution in [-0.2, 0) is 0 Å². The Balaban J connectivity index is 2.38. The average Bonchev–Trinajstić information content (AvgIpc) is 2.27. The summed E-state index contributed by atoms with van der Waals surface area (Å²) in [6.07, 6.45) is 2.38. The van der Waals surface area contributed by atoms with E-state index < -0.39 is 0 Å². The molecule has 0 bridgehead atoms. The molecule has 0 aliphatic heterocycles. The van der Waals surface area contributed by atoms with Gasteiger partial charge < -0.3 is 11.5 Å². The maximum atomic E-state index is 5.77. The molecule has 14 heavy (non-hydrogen) atoms. The summed E-state index contributed by atoms with van der Waals surface area (Å²) in [6.45, 7) is 1.52. The predicted octanol–water partition coefficient (Wildman–Crippen LogP) is 1.56. The molecule has 2 heteroatoms. The second-order valence-electron chi connectivity index (χ2n) is 4.07. The van der Waals surface area contributed by atoms with Crippen molar-refractivity contribution >= 4 is 0 Å². The largest absolute Gasteiger partial charge is 0.330 e. The molecular weight excluding hydrogens is 172 g/mol. The van der Waals surface area contributed by atoms with Crippen molar-refractivity contribution in [3.63, 3.8) is 0 Å². The fourth-order valence-corrected chi connectivity index (χ4v) is 2.46. The van der Waals surface area contributed by atoms with Crippen LogP contribution < -0.4 is 11.5 Å². The van der Waals surface area contributed by atoms with Crippen LogP contribution in [0.3, 0.4) is 0 Å². The van der Waals surface area contributed by atoms with E-state index in [2.05, 4.69) is 24.3 Å². The highest BCUT2D eigenvalue weighted by Gasteiger charge is 2.24. The summed E-state index contributed by atoms with van der Waals surface area (Å²) in [5.41, 5.74) is 14.4. The van der Waals surface area contributed by atoms with E-state index in [1.165, 1.54) is 24.0 Å². The van der Waals surface area contributed by atoms with Gasteiger partial charge in [-0.3, -0.25) is 0 Å². The summed E-state index contributed by atoms with van der Waals surface area (Å²) in [5.74, 6) is 1.10. The molecule has 2 rings (SSSR count). The van der Waals surface area contributed by atoms with Crippen LogP contribution in [0.4, 0.5) is 0 Å². The third kappa shape index (κ3) is 1.56. The van der Waals surface area contributed by atoms with Crippen LogP contribution in [0.25, 0.3) is 0 Å². The molecule has 0 saturated heterocycles. The van der Waals surface area contributed by atoms with Crippen molar-refractivity contribution in [2.75, 3.05) is 13.1 Å². The minimum atomic E-state index is 0.550. The van der Waals surface area contributed by atoms with Gasteiger partial charge in [0.2, 0.25) is 0 Å². The van der Waals surface area contributed by atoms with Gasteiger partial charge in [0.15, 0.2) is 0 Å². The lowest BCUT2D eigenvalue weighted by Gasteiger charge is -2.30. The number of benzene rings is 1. The van der Waals surface area contributed by atoms with Crippen LogP contribution in [0.2, 0.25) is 0 Å². The Morgan fingerprint density at radius 1 is 0.929 bits per heavy atom. The minimum absolute atomic E-state index is 0.550. The first kappa shape index (κ1) is 9.69. The molecule has 0 heterocycles. The van der Waals surface area contributed by atoms with Crippen LogP contribution in [0.1, 0.15) is 35.8 Å². The van der Waals surface area contributed by atoms with Crippen LogP contribution in [0.15, 0.2) is 24.3 Å². The Hall–Kier alpha value is -0.860. The fourth-order valence-electron chi connectivity index (χ4n) is 2.46. The summed E-state index contributed by atoms with van der Waals surface area (Å²) in [5, 5.41) is 0. The lowest BCUT2D eigenvalue weighted by molar-refractivity contribution is 0.491. The van der Waals surface area contributed by atoms with E-state index in [1.807, 2.05) is 0 Å². The van der Waals surface area contributed by atoms with Gasteiger partial charge in [-0.2, -0.15) is 0 Å². The maximum Gasteiger partial charge on any atom is -0.000813 e. The van der Waals surface area contributed by atoms with E-state index >= 15 is 0 Å². The Morgan fingerprint density at radius 2 is 1.36 bits per heavy atom. The lowest BCUT2D eigenvalue weighted by Crippen LogP contribution is -2.24. The van der Waals surface area contributed by atoms with E-state index in [1.54, 1.807) is 0 Å². The molecule has 1 aromatic carbocycles. The minimum Gasteiger partial charge on any atom is -0.330 e. The monoisotopic (exact) mass is 190 g/mol. The highest BCUT2D eigenvalue weighted by Crippen LogP contribution is 2.37. The Labute approximate surface area is 85.3 Å². The zero-order chi connectivity index (χ0) is 9.97. The fraction of sp³-hybridized carbons (Fsp3) is 0.500. The number of nitrogens with two attached hydrogens (primary N) is 2. The smallest absolute Gasteiger partial charge is 0.000813 e. The molecule has 0 aromatic heterocycles. The molecule has 0 amide bonds. The van der Waals surface area contributed by atoms with Gasteiger partial charge in [-0.1, -0.05) is 24.3 Å². The van der Waals surface area contributed by atoms with E-state index in [9.17, 15) is 0 Å². The maximum absolute atomic E-state index is 5.77. The molecule has 76 valence electrons. The van der Waals surface area contributed by atoms with Crippen molar-refractivity contribution in [1.82, 2.24) is 0 Å². The Kier molecular flexibility index (Phi) is 2.85. The zero-order valence-corrected chi connectivity index (χ0v) is 8.45. The summed E-state index contributed by atoms with van der Waals surface area (Å²) < 4.78 is 0. The Morgan fingerprint density at radius 3 is 1.71 bits per heavy atom. The quantitative estimate of drug-likeness (QED) is 0.743. The number of rotatable bonds is 2. The van der Waals surface area contributed by atoms with Crippen molar-refractivity contribution in [3.05, 3.63) is 35.4 Å². The van der Waals surface area contributed by atoms with Crippen LogP contribution >= 0.6 is 0 Å². The molecule has 1 aromatic rings. The molecule has 0 saturated carbocycles. The number of hydrogen-bond donors (Lipinski definition) is 2. The van der Waals surface area contributed by atoms with Gasteiger partial charge in [0.1, 0.15) is 0 Å². The molecule has 4 N–H and O–H groups in total. The predicted molar refractivity (Wildman–Crippen MR) is 59.3 cm³/mol. The second-order valence-corrected chi connectivity index (χ2v) is 4.07. The second kappa shape index (κ2) is 4.11. The van der Waals surface area contributed by atoms with Crippen LogP contribution in [0.5, 0.6) is 0 Å².